The highest BCUT2D eigenvalue weighted by Crippen LogP contribution is 2.38. The van der Waals surface area contributed by atoms with E-state index < -0.39 is 0 Å². The van der Waals surface area contributed by atoms with Crippen molar-refractivity contribution < 1.29 is 4.79 Å². The van der Waals surface area contributed by atoms with Gasteiger partial charge in [-0.1, -0.05) is 36.4 Å². The average Bonchev–Trinajstić information content (AvgIpc) is 2.93. The van der Waals surface area contributed by atoms with Crippen LogP contribution < -0.4 is 5.32 Å². The zero-order chi connectivity index (χ0) is 17.1. The lowest BCUT2D eigenvalue weighted by molar-refractivity contribution is 0.180. The fourth-order valence-electron chi connectivity index (χ4n) is 3.86. The second-order valence-electron chi connectivity index (χ2n) is 6.65. The van der Waals surface area contributed by atoms with E-state index in [1.54, 1.807) is 18.6 Å². The van der Waals surface area contributed by atoms with Gasteiger partial charge in [-0.3, -0.25) is 9.97 Å². The Morgan fingerprint density at radius 1 is 1.20 bits per heavy atom. The molecule has 4 rings (SSSR count). The van der Waals surface area contributed by atoms with Crippen LogP contribution >= 0.6 is 0 Å². The van der Waals surface area contributed by atoms with Crippen molar-refractivity contribution in [1.82, 2.24) is 20.2 Å². The van der Waals surface area contributed by atoms with Crippen LogP contribution in [0, 0.1) is 0 Å². The van der Waals surface area contributed by atoms with Gasteiger partial charge in [-0.25, -0.2) is 4.79 Å². The van der Waals surface area contributed by atoms with Crippen LogP contribution in [0.2, 0.25) is 0 Å². The average molecular weight is 334 g/mol. The Bertz CT molecular complexity index is 760. The maximum atomic E-state index is 12.6. The highest BCUT2D eigenvalue weighted by Gasteiger charge is 2.39. The number of aromatic nitrogens is 2. The lowest BCUT2D eigenvalue weighted by Gasteiger charge is -2.34. The molecule has 0 aliphatic carbocycles. The van der Waals surface area contributed by atoms with Gasteiger partial charge >= 0.3 is 6.03 Å². The van der Waals surface area contributed by atoms with Gasteiger partial charge in [0.05, 0.1) is 11.7 Å². The van der Waals surface area contributed by atoms with Crippen LogP contribution in [0.4, 0.5) is 4.79 Å². The fourth-order valence-corrected chi connectivity index (χ4v) is 3.86. The summed E-state index contributed by atoms with van der Waals surface area (Å²) in [5, 5.41) is 3.05. The van der Waals surface area contributed by atoms with Gasteiger partial charge in [0.25, 0.3) is 0 Å². The molecule has 2 aliphatic rings. The summed E-state index contributed by atoms with van der Waals surface area (Å²) in [6, 6.07) is 11.1. The minimum Gasteiger partial charge on any atom is -0.338 e. The first-order chi connectivity index (χ1) is 12.3. The standard InChI is InChI=1S/C20H22N4O/c25-20(23-9-8-17-14-21-10-11-22-17)24-18-6-7-19(24)13-16(12-18)15-4-2-1-3-5-15/h1-5,10-12,14,18-19H,6-9,13H2,(H,23,25)/t18-,19-/m1/s1. The SMILES string of the molecule is O=C(NCCc1cnccn1)N1[C@@H]2CC[C@@H]1C=C(c1ccccc1)C2. The molecular formula is C20H22N4O. The first-order valence-corrected chi connectivity index (χ1v) is 8.88. The number of amides is 2. The molecule has 2 aromatic rings. The molecular weight excluding hydrogens is 312 g/mol. The van der Waals surface area contributed by atoms with E-state index in [0.29, 0.717) is 19.0 Å². The minimum absolute atomic E-state index is 0.0414. The van der Waals surface area contributed by atoms with Crippen LogP contribution in [0.15, 0.2) is 55.0 Å². The smallest absolute Gasteiger partial charge is 0.318 e. The molecule has 0 unspecified atom stereocenters. The summed E-state index contributed by atoms with van der Waals surface area (Å²) in [5.41, 5.74) is 3.55. The molecule has 1 fully saturated rings. The summed E-state index contributed by atoms with van der Waals surface area (Å²) in [6.07, 6.45) is 11.1. The number of fused-ring (bicyclic) bond motifs is 2. The minimum atomic E-state index is 0.0414. The summed E-state index contributed by atoms with van der Waals surface area (Å²) in [7, 11) is 0. The lowest BCUT2D eigenvalue weighted by Crippen LogP contribution is -2.48. The van der Waals surface area contributed by atoms with Gasteiger partial charge in [-0.05, 0) is 30.4 Å². The largest absolute Gasteiger partial charge is 0.338 e. The number of hydrogen-bond acceptors (Lipinski definition) is 3. The number of carbonyl (C=O) groups excluding carboxylic acids is 1. The monoisotopic (exact) mass is 334 g/mol. The van der Waals surface area contributed by atoms with Gasteiger partial charge in [0, 0.05) is 37.6 Å². The molecule has 2 bridgehead atoms. The summed E-state index contributed by atoms with van der Waals surface area (Å²) >= 11 is 0. The number of carbonyl (C=O) groups is 1. The maximum absolute atomic E-state index is 12.6. The van der Waals surface area contributed by atoms with E-state index in [0.717, 1.165) is 25.0 Å². The molecule has 3 heterocycles. The number of nitrogens with zero attached hydrogens (tertiary/aromatic N) is 3. The predicted octanol–water partition coefficient (Wildman–Crippen LogP) is 3.05. The zero-order valence-corrected chi connectivity index (χ0v) is 14.1. The number of urea groups is 1. The first kappa shape index (κ1) is 15.8. The van der Waals surface area contributed by atoms with E-state index in [1.165, 1.54) is 11.1 Å². The molecule has 1 N–H and O–H groups in total. The van der Waals surface area contributed by atoms with Crippen LogP contribution in [0.3, 0.4) is 0 Å². The topological polar surface area (TPSA) is 58.1 Å². The van der Waals surface area contributed by atoms with Crippen LogP contribution in [0.5, 0.6) is 0 Å². The van der Waals surface area contributed by atoms with E-state index in [-0.39, 0.29) is 12.1 Å². The van der Waals surface area contributed by atoms with Crippen molar-refractivity contribution in [3.63, 3.8) is 0 Å². The molecule has 0 spiro atoms. The maximum Gasteiger partial charge on any atom is 0.318 e. The van der Waals surface area contributed by atoms with E-state index in [9.17, 15) is 4.79 Å². The Morgan fingerprint density at radius 2 is 2.08 bits per heavy atom. The molecule has 5 heteroatoms. The Labute approximate surface area is 147 Å². The second-order valence-corrected chi connectivity index (χ2v) is 6.65. The van der Waals surface area contributed by atoms with Crippen molar-refractivity contribution >= 4 is 11.6 Å². The van der Waals surface area contributed by atoms with Crippen LogP contribution in [0.25, 0.3) is 5.57 Å². The van der Waals surface area contributed by atoms with Crippen LogP contribution in [-0.4, -0.2) is 39.5 Å². The van der Waals surface area contributed by atoms with Crippen molar-refractivity contribution in [2.45, 2.75) is 37.8 Å². The van der Waals surface area contributed by atoms with Gasteiger partial charge in [-0.15, -0.1) is 0 Å². The number of nitrogens with one attached hydrogen (secondary N) is 1. The van der Waals surface area contributed by atoms with Crippen molar-refractivity contribution in [2.75, 3.05) is 6.54 Å². The summed E-state index contributed by atoms with van der Waals surface area (Å²) in [6.45, 7) is 0.586. The Kier molecular flexibility index (Phi) is 4.46. The molecule has 0 saturated carbocycles. The number of rotatable bonds is 4. The Balaban J connectivity index is 1.38. The summed E-state index contributed by atoms with van der Waals surface area (Å²) < 4.78 is 0. The fraction of sp³-hybridized carbons (Fsp3) is 0.350. The second kappa shape index (κ2) is 7.05. The van der Waals surface area contributed by atoms with Crippen molar-refractivity contribution in [2.24, 2.45) is 0 Å². The normalized spacial score (nSPS) is 21.8. The summed E-state index contributed by atoms with van der Waals surface area (Å²) in [5.74, 6) is 0. The molecule has 128 valence electrons. The zero-order valence-electron chi connectivity index (χ0n) is 14.1. The molecule has 2 amide bonds. The Morgan fingerprint density at radius 3 is 2.84 bits per heavy atom. The van der Waals surface area contributed by atoms with Crippen LogP contribution in [-0.2, 0) is 6.42 Å². The highest BCUT2D eigenvalue weighted by atomic mass is 16.2. The van der Waals surface area contributed by atoms with Crippen molar-refractivity contribution in [3.8, 4) is 0 Å². The third-order valence-corrected chi connectivity index (χ3v) is 5.05. The third kappa shape index (κ3) is 3.40. The predicted molar refractivity (Wildman–Crippen MR) is 96.8 cm³/mol. The molecule has 2 aliphatic heterocycles. The van der Waals surface area contributed by atoms with E-state index in [4.69, 9.17) is 0 Å². The molecule has 25 heavy (non-hydrogen) atoms. The highest BCUT2D eigenvalue weighted by molar-refractivity contribution is 5.78. The molecule has 0 radical (unpaired) electrons. The van der Waals surface area contributed by atoms with Crippen molar-refractivity contribution in [3.05, 3.63) is 66.3 Å². The van der Waals surface area contributed by atoms with E-state index in [2.05, 4.69) is 45.6 Å². The number of benzene rings is 1. The molecule has 5 nitrogen and oxygen atoms in total. The van der Waals surface area contributed by atoms with Gasteiger partial charge in [0.2, 0.25) is 0 Å². The third-order valence-electron chi connectivity index (χ3n) is 5.05. The van der Waals surface area contributed by atoms with Gasteiger partial charge < -0.3 is 10.2 Å². The van der Waals surface area contributed by atoms with E-state index in [1.807, 2.05) is 11.0 Å². The lowest BCUT2D eigenvalue weighted by atomic mass is 9.95. The number of hydrogen-bond donors (Lipinski definition) is 1. The van der Waals surface area contributed by atoms with Crippen LogP contribution in [0.1, 0.15) is 30.5 Å². The summed E-state index contributed by atoms with van der Waals surface area (Å²) in [4.78, 5) is 23.0. The molecule has 1 saturated heterocycles. The molecule has 1 aromatic carbocycles. The first-order valence-electron chi connectivity index (χ1n) is 8.88. The Hall–Kier alpha value is -2.69. The van der Waals surface area contributed by atoms with Gasteiger partial charge in [0.15, 0.2) is 0 Å². The molecule has 1 aromatic heterocycles. The van der Waals surface area contributed by atoms with Gasteiger partial charge in [0.1, 0.15) is 0 Å². The van der Waals surface area contributed by atoms with Gasteiger partial charge in [-0.2, -0.15) is 0 Å². The molecule has 2 atom stereocenters. The quantitative estimate of drug-likeness (QED) is 0.935. The van der Waals surface area contributed by atoms with Crippen molar-refractivity contribution in [1.29, 1.82) is 0 Å². The van der Waals surface area contributed by atoms with E-state index >= 15 is 0 Å².